The van der Waals surface area contributed by atoms with Crippen LogP contribution in [0.2, 0.25) is 0 Å². The predicted molar refractivity (Wildman–Crippen MR) is 48.4 cm³/mol. The Balaban J connectivity index is 1.87. The Morgan fingerprint density at radius 2 is 2.23 bits per heavy atom. The molecule has 13 heavy (non-hydrogen) atoms. The smallest absolute Gasteiger partial charge is 0.123 e. The minimum atomic E-state index is -1.04. The highest BCUT2D eigenvalue weighted by atomic mass is 32.2. The summed E-state index contributed by atoms with van der Waals surface area (Å²) in [6, 6.07) is 0. The van der Waals surface area contributed by atoms with Crippen molar-refractivity contribution in [1.82, 2.24) is 9.95 Å². The summed E-state index contributed by atoms with van der Waals surface area (Å²) in [4.78, 5) is 0. The Kier molecular flexibility index (Phi) is 4.97. The molecule has 0 aromatic rings. The number of rotatable bonds is 7. The molecule has 1 aliphatic carbocycles. The largest absolute Gasteiger partial charge is 0.314 e. The number of nitrogens with zero attached hydrogens (tertiary/aromatic N) is 1. The fourth-order valence-electron chi connectivity index (χ4n) is 0.973. The molecule has 0 aliphatic heterocycles. The topological polar surface area (TPSA) is 55.7 Å². The van der Waals surface area contributed by atoms with Crippen LogP contribution >= 0.6 is 11.9 Å². The van der Waals surface area contributed by atoms with Crippen LogP contribution in [0.4, 0.5) is 4.39 Å². The number of nitrogens with one attached hydrogen (secondary N) is 1. The first-order valence-corrected chi connectivity index (χ1v) is 5.28. The monoisotopic (exact) mass is 210 g/mol. The van der Waals surface area contributed by atoms with Crippen LogP contribution in [0, 0.1) is 5.92 Å². The molecule has 0 amide bonds. The molecule has 0 bridgehead atoms. The van der Waals surface area contributed by atoms with E-state index in [-0.39, 0.29) is 16.9 Å². The third-order valence-corrected chi connectivity index (χ3v) is 2.61. The SMILES string of the molecule is ON(O)SCC(F)CNCC1CC1. The fraction of sp³-hybridized carbons (Fsp3) is 1.00. The first-order chi connectivity index (χ1) is 6.18. The van der Waals surface area contributed by atoms with Gasteiger partial charge >= 0.3 is 0 Å². The molecule has 0 aromatic carbocycles. The van der Waals surface area contributed by atoms with Gasteiger partial charge < -0.3 is 5.32 Å². The minimum absolute atomic E-state index is 0.0602. The lowest BCUT2D eigenvalue weighted by Gasteiger charge is -2.09. The summed E-state index contributed by atoms with van der Waals surface area (Å²) in [6.45, 7) is 1.17. The van der Waals surface area contributed by atoms with Gasteiger partial charge in [-0.15, -0.1) is 0 Å². The number of halogens is 1. The van der Waals surface area contributed by atoms with Crippen molar-refractivity contribution in [1.29, 1.82) is 0 Å². The molecule has 6 heteroatoms. The minimum Gasteiger partial charge on any atom is -0.314 e. The molecule has 0 saturated heterocycles. The second-order valence-electron chi connectivity index (χ2n) is 3.25. The van der Waals surface area contributed by atoms with Gasteiger partial charge in [-0.3, -0.25) is 10.4 Å². The van der Waals surface area contributed by atoms with E-state index in [9.17, 15) is 4.39 Å². The summed E-state index contributed by atoms with van der Waals surface area (Å²) in [5.74, 6) is 0.803. The molecular weight excluding hydrogens is 195 g/mol. The summed E-state index contributed by atoms with van der Waals surface area (Å²) in [6.07, 6.45) is 1.46. The molecule has 0 heterocycles. The summed E-state index contributed by atoms with van der Waals surface area (Å²) in [5, 5.41) is 19.6. The van der Waals surface area contributed by atoms with Crippen LogP contribution in [0.25, 0.3) is 0 Å². The van der Waals surface area contributed by atoms with Crippen molar-refractivity contribution in [2.45, 2.75) is 19.0 Å². The third-order valence-electron chi connectivity index (χ3n) is 1.87. The number of alkyl halides is 1. The summed E-state index contributed by atoms with van der Waals surface area (Å²) in [5.41, 5.74) is 0. The van der Waals surface area contributed by atoms with Crippen molar-refractivity contribution in [3.05, 3.63) is 0 Å². The first-order valence-electron chi connectivity index (χ1n) is 4.34. The molecule has 1 atom stereocenters. The van der Waals surface area contributed by atoms with Gasteiger partial charge in [-0.2, -0.15) is 0 Å². The zero-order valence-electron chi connectivity index (χ0n) is 7.32. The molecule has 1 rings (SSSR count). The molecule has 78 valence electrons. The van der Waals surface area contributed by atoms with Gasteiger partial charge in [0.2, 0.25) is 0 Å². The Hall–Kier alpha value is 0.120. The Morgan fingerprint density at radius 1 is 1.54 bits per heavy atom. The van der Waals surface area contributed by atoms with Crippen molar-refractivity contribution in [3.8, 4) is 0 Å². The molecule has 4 nitrogen and oxygen atoms in total. The van der Waals surface area contributed by atoms with Crippen molar-refractivity contribution in [3.63, 3.8) is 0 Å². The van der Waals surface area contributed by atoms with Crippen molar-refractivity contribution < 1.29 is 14.8 Å². The van der Waals surface area contributed by atoms with E-state index in [1.54, 1.807) is 0 Å². The van der Waals surface area contributed by atoms with E-state index in [4.69, 9.17) is 10.4 Å². The Bertz CT molecular complexity index is 146. The van der Waals surface area contributed by atoms with Crippen molar-refractivity contribution >= 4 is 11.9 Å². The maximum Gasteiger partial charge on any atom is 0.123 e. The van der Waals surface area contributed by atoms with Crippen molar-refractivity contribution in [2.24, 2.45) is 5.92 Å². The third kappa shape index (κ3) is 6.23. The van der Waals surface area contributed by atoms with Gasteiger partial charge in [0.15, 0.2) is 0 Å². The van der Waals surface area contributed by atoms with Crippen LogP contribution in [-0.2, 0) is 0 Å². The highest BCUT2D eigenvalue weighted by molar-refractivity contribution is 7.96. The Labute approximate surface area is 81.2 Å². The quantitative estimate of drug-likeness (QED) is 0.433. The highest BCUT2D eigenvalue weighted by Crippen LogP contribution is 2.27. The van der Waals surface area contributed by atoms with Crippen LogP contribution in [0.5, 0.6) is 0 Å². The molecule has 0 radical (unpaired) electrons. The van der Waals surface area contributed by atoms with E-state index in [2.05, 4.69) is 5.32 Å². The summed E-state index contributed by atoms with van der Waals surface area (Å²) >= 11 is 0.643. The van der Waals surface area contributed by atoms with Gasteiger partial charge in [0.25, 0.3) is 0 Å². The normalized spacial score (nSPS) is 19.4. The maximum absolute atomic E-state index is 12.9. The number of hydrogen-bond acceptors (Lipinski definition) is 5. The van der Waals surface area contributed by atoms with E-state index in [0.29, 0.717) is 11.9 Å². The molecule has 1 saturated carbocycles. The van der Waals surface area contributed by atoms with Crippen LogP contribution < -0.4 is 5.32 Å². The van der Waals surface area contributed by atoms with Crippen LogP contribution in [0.3, 0.4) is 0 Å². The zero-order valence-corrected chi connectivity index (χ0v) is 8.13. The van der Waals surface area contributed by atoms with Gasteiger partial charge in [0.1, 0.15) is 6.17 Å². The standard InChI is InChI=1S/C7H15FN2O2S/c8-7(5-13-10(11)12)4-9-3-6-1-2-6/h6-7,9,11-12H,1-5H2. The van der Waals surface area contributed by atoms with Crippen LogP contribution in [0.15, 0.2) is 0 Å². The van der Waals surface area contributed by atoms with Gasteiger partial charge in [0.05, 0.1) is 0 Å². The van der Waals surface area contributed by atoms with Gasteiger partial charge in [-0.1, -0.05) is 0 Å². The van der Waals surface area contributed by atoms with E-state index in [1.165, 1.54) is 12.8 Å². The average molecular weight is 210 g/mol. The lowest BCUT2D eigenvalue weighted by atomic mass is 10.4. The van der Waals surface area contributed by atoms with E-state index >= 15 is 0 Å². The van der Waals surface area contributed by atoms with Gasteiger partial charge in [-0.05, 0) is 41.9 Å². The summed E-state index contributed by atoms with van der Waals surface area (Å²) in [7, 11) is 0. The highest BCUT2D eigenvalue weighted by Gasteiger charge is 2.20. The van der Waals surface area contributed by atoms with Crippen LogP contribution in [-0.4, -0.2) is 40.1 Å². The second-order valence-corrected chi connectivity index (χ2v) is 4.17. The molecule has 1 aliphatic rings. The molecule has 1 unspecified atom stereocenters. The molecule has 1 fully saturated rings. The second kappa shape index (κ2) is 5.77. The maximum atomic E-state index is 12.9. The Morgan fingerprint density at radius 3 is 2.77 bits per heavy atom. The zero-order chi connectivity index (χ0) is 9.68. The fourth-order valence-corrected chi connectivity index (χ4v) is 1.39. The van der Waals surface area contributed by atoms with E-state index in [0.717, 1.165) is 12.5 Å². The first kappa shape index (κ1) is 11.2. The molecule has 3 N–H and O–H groups in total. The predicted octanol–water partition coefficient (Wildman–Crippen LogP) is 1.05. The number of hydrogen-bond donors (Lipinski definition) is 3. The van der Waals surface area contributed by atoms with E-state index in [1.807, 2.05) is 0 Å². The molecule has 0 spiro atoms. The van der Waals surface area contributed by atoms with Crippen LogP contribution in [0.1, 0.15) is 12.8 Å². The molecule has 0 aromatic heterocycles. The lowest BCUT2D eigenvalue weighted by molar-refractivity contribution is -0.217. The van der Waals surface area contributed by atoms with Gasteiger partial charge in [0, 0.05) is 12.3 Å². The van der Waals surface area contributed by atoms with E-state index < -0.39 is 6.17 Å². The average Bonchev–Trinajstić information content (AvgIpc) is 2.84. The molecular formula is C7H15FN2O2S. The summed E-state index contributed by atoms with van der Waals surface area (Å²) < 4.78 is 12.8. The van der Waals surface area contributed by atoms with Crippen molar-refractivity contribution in [2.75, 3.05) is 18.8 Å². The lowest BCUT2D eigenvalue weighted by Crippen LogP contribution is -2.28. The van der Waals surface area contributed by atoms with Gasteiger partial charge in [-0.25, -0.2) is 4.39 Å².